The van der Waals surface area contributed by atoms with Gasteiger partial charge in [0.2, 0.25) is 5.91 Å². The largest absolute Gasteiger partial charge is 0.458 e. The van der Waals surface area contributed by atoms with E-state index in [1.165, 1.54) is 6.07 Å². The highest BCUT2D eigenvalue weighted by Crippen LogP contribution is 2.45. The van der Waals surface area contributed by atoms with E-state index in [2.05, 4.69) is 5.32 Å². The quantitative estimate of drug-likeness (QED) is 0.665. The van der Waals surface area contributed by atoms with Gasteiger partial charge in [-0.25, -0.2) is 4.39 Å². The molecular formula is C17H17F4NO3. The first-order chi connectivity index (χ1) is 11.7. The topological polar surface area (TPSA) is 55.4 Å². The smallest absolute Gasteiger partial charge is 0.419 e. The van der Waals surface area contributed by atoms with Crippen LogP contribution in [0.4, 0.5) is 17.6 Å². The Morgan fingerprint density at radius 3 is 2.60 bits per heavy atom. The summed E-state index contributed by atoms with van der Waals surface area (Å²) < 4.78 is 57.6. The van der Waals surface area contributed by atoms with E-state index in [-0.39, 0.29) is 18.5 Å². The molecule has 1 heterocycles. The molecule has 4 nitrogen and oxygen atoms in total. The first-order valence-corrected chi connectivity index (χ1v) is 8.07. The first-order valence-electron chi connectivity index (χ1n) is 8.07. The highest BCUT2D eigenvalue weighted by Gasteiger charge is 2.53. The van der Waals surface area contributed by atoms with Gasteiger partial charge in [0.1, 0.15) is 11.4 Å². The highest BCUT2D eigenvalue weighted by molar-refractivity contribution is 5.87. The number of halogens is 4. The summed E-state index contributed by atoms with van der Waals surface area (Å²) in [6.07, 6.45) is -1.98. The van der Waals surface area contributed by atoms with Crippen LogP contribution in [0.1, 0.15) is 43.2 Å². The van der Waals surface area contributed by atoms with Crippen LogP contribution < -0.4 is 5.32 Å². The Labute approximate surface area is 141 Å². The first kappa shape index (κ1) is 17.7. The lowest BCUT2D eigenvalue weighted by Crippen LogP contribution is -2.42. The SMILES string of the molecule is O=C1CC(C(=O)NCc2cccc(C(F)(F)F)c2F)C2(CCCC2)O1. The predicted octanol–water partition coefficient (Wildman–Crippen LogP) is 3.34. The molecule has 0 aromatic heterocycles. The zero-order chi connectivity index (χ0) is 18.2. The van der Waals surface area contributed by atoms with Gasteiger partial charge < -0.3 is 10.1 Å². The summed E-state index contributed by atoms with van der Waals surface area (Å²) in [6, 6.07) is 2.93. The summed E-state index contributed by atoms with van der Waals surface area (Å²) in [5, 5.41) is 2.45. The molecule has 1 aromatic rings. The third-order valence-electron chi connectivity index (χ3n) is 4.93. The number of nitrogens with one attached hydrogen (secondary N) is 1. The fourth-order valence-electron chi connectivity index (χ4n) is 3.69. The summed E-state index contributed by atoms with van der Waals surface area (Å²) in [6.45, 7) is -0.380. The number of ether oxygens (including phenoxy) is 1. The van der Waals surface area contributed by atoms with Crippen molar-refractivity contribution in [3.8, 4) is 0 Å². The molecule has 1 aliphatic heterocycles. The molecule has 1 atom stereocenters. The molecule has 2 aliphatic rings. The zero-order valence-corrected chi connectivity index (χ0v) is 13.3. The Balaban J connectivity index is 1.72. The minimum absolute atomic E-state index is 0.0586. The molecule has 8 heteroatoms. The molecule has 0 radical (unpaired) electrons. The van der Waals surface area contributed by atoms with Crippen molar-refractivity contribution in [2.45, 2.75) is 50.4 Å². The van der Waals surface area contributed by atoms with Crippen molar-refractivity contribution in [2.24, 2.45) is 5.92 Å². The number of benzene rings is 1. The fourth-order valence-corrected chi connectivity index (χ4v) is 3.69. The van der Waals surface area contributed by atoms with Gasteiger partial charge >= 0.3 is 12.1 Å². The summed E-state index contributed by atoms with van der Waals surface area (Å²) in [5.41, 5.74) is -2.44. The predicted molar refractivity (Wildman–Crippen MR) is 78.6 cm³/mol. The summed E-state index contributed by atoms with van der Waals surface area (Å²) in [5.74, 6) is -3.03. The van der Waals surface area contributed by atoms with E-state index in [0.717, 1.165) is 18.9 Å². The number of alkyl halides is 3. The fraction of sp³-hybridized carbons (Fsp3) is 0.529. The van der Waals surface area contributed by atoms with Gasteiger partial charge in [0.15, 0.2) is 0 Å². The molecule has 1 unspecified atom stereocenters. The zero-order valence-electron chi connectivity index (χ0n) is 13.3. The maximum atomic E-state index is 14.0. The van der Waals surface area contributed by atoms with E-state index in [1.807, 2.05) is 0 Å². The Morgan fingerprint density at radius 1 is 1.28 bits per heavy atom. The van der Waals surface area contributed by atoms with E-state index < -0.39 is 41.0 Å². The standard InChI is InChI=1S/C17H17F4NO3/c18-14-10(4-3-5-11(14)17(19,20)21)9-22-15(24)12-8-13(23)25-16(12)6-1-2-7-16/h3-5,12H,1-2,6-9H2,(H,22,24). The lowest BCUT2D eigenvalue weighted by atomic mass is 9.85. The number of rotatable bonds is 3. The maximum Gasteiger partial charge on any atom is 0.419 e. The summed E-state index contributed by atoms with van der Waals surface area (Å²) >= 11 is 0. The van der Waals surface area contributed by atoms with Crippen molar-refractivity contribution in [1.29, 1.82) is 0 Å². The summed E-state index contributed by atoms with van der Waals surface area (Å²) in [7, 11) is 0. The van der Waals surface area contributed by atoms with Crippen molar-refractivity contribution in [2.75, 3.05) is 0 Å². The second kappa shape index (κ2) is 6.31. The average molecular weight is 359 g/mol. The lowest BCUT2D eigenvalue weighted by molar-refractivity contribution is -0.150. The monoisotopic (exact) mass is 359 g/mol. The number of hydrogen-bond donors (Lipinski definition) is 1. The second-order valence-corrected chi connectivity index (χ2v) is 6.50. The average Bonchev–Trinajstić information content (AvgIpc) is 3.12. The van der Waals surface area contributed by atoms with E-state index in [0.29, 0.717) is 18.9 Å². The Hall–Kier alpha value is -2.12. The second-order valence-electron chi connectivity index (χ2n) is 6.50. The minimum atomic E-state index is -4.80. The molecule has 25 heavy (non-hydrogen) atoms. The van der Waals surface area contributed by atoms with Gasteiger partial charge in [0, 0.05) is 12.1 Å². The molecule has 0 bridgehead atoms. The van der Waals surface area contributed by atoms with Gasteiger partial charge in [-0.2, -0.15) is 13.2 Å². The molecule has 1 aliphatic carbocycles. The lowest BCUT2D eigenvalue weighted by Gasteiger charge is -2.28. The molecular weight excluding hydrogens is 342 g/mol. The van der Waals surface area contributed by atoms with Crippen LogP contribution in [0.2, 0.25) is 0 Å². The van der Waals surface area contributed by atoms with Gasteiger partial charge in [-0.3, -0.25) is 9.59 Å². The van der Waals surface area contributed by atoms with Gasteiger partial charge in [-0.05, 0) is 31.7 Å². The molecule has 1 amide bonds. The minimum Gasteiger partial charge on any atom is -0.458 e. The van der Waals surface area contributed by atoms with Gasteiger partial charge in [-0.1, -0.05) is 12.1 Å². The highest BCUT2D eigenvalue weighted by atomic mass is 19.4. The number of esters is 1. The van der Waals surface area contributed by atoms with Crippen LogP contribution in [-0.4, -0.2) is 17.5 Å². The Bertz CT molecular complexity index is 696. The van der Waals surface area contributed by atoms with Crippen LogP contribution in [0.3, 0.4) is 0 Å². The number of hydrogen-bond acceptors (Lipinski definition) is 3. The van der Waals surface area contributed by atoms with Crippen molar-refractivity contribution in [3.63, 3.8) is 0 Å². The third-order valence-corrected chi connectivity index (χ3v) is 4.93. The van der Waals surface area contributed by atoms with Crippen molar-refractivity contribution < 1.29 is 31.9 Å². The molecule has 3 rings (SSSR count). The van der Waals surface area contributed by atoms with E-state index in [9.17, 15) is 27.2 Å². The Kier molecular flexibility index (Phi) is 4.47. The van der Waals surface area contributed by atoms with Crippen LogP contribution in [0, 0.1) is 11.7 Å². The van der Waals surface area contributed by atoms with Crippen molar-refractivity contribution in [3.05, 3.63) is 35.1 Å². The molecule has 1 spiro atoms. The molecule has 2 fully saturated rings. The molecule has 1 saturated carbocycles. The molecule has 136 valence electrons. The van der Waals surface area contributed by atoms with Gasteiger partial charge in [-0.15, -0.1) is 0 Å². The molecule has 1 aromatic carbocycles. The Morgan fingerprint density at radius 2 is 1.96 bits per heavy atom. The van der Waals surface area contributed by atoms with E-state index in [4.69, 9.17) is 4.74 Å². The van der Waals surface area contributed by atoms with Gasteiger partial charge in [0.05, 0.1) is 17.9 Å². The van der Waals surface area contributed by atoms with Crippen molar-refractivity contribution >= 4 is 11.9 Å². The van der Waals surface area contributed by atoms with Crippen LogP contribution >= 0.6 is 0 Å². The normalized spacial score (nSPS) is 22.2. The maximum absolute atomic E-state index is 14.0. The van der Waals surface area contributed by atoms with Crippen molar-refractivity contribution in [1.82, 2.24) is 5.32 Å². The summed E-state index contributed by atoms with van der Waals surface area (Å²) in [4.78, 5) is 24.0. The number of carbonyl (C=O) groups is 2. The van der Waals surface area contributed by atoms with Gasteiger partial charge in [0.25, 0.3) is 0 Å². The van der Waals surface area contributed by atoms with Crippen LogP contribution in [0.15, 0.2) is 18.2 Å². The van der Waals surface area contributed by atoms with E-state index in [1.54, 1.807) is 0 Å². The third kappa shape index (κ3) is 3.34. The molecule has 1 saturated heterocycles. The number of amides is 1. The van der Waals surface area contributed by atoms with Crippen LogP contribution in [0.25, 0.3) is 0 Å². The van der Waals surface area contributed by atoms with E-state index >= 15 is 0 Å². The molecule has 1 N–H and O–H groups in total. The van der Waals surface area contributed by atoms with Crippen LogP contribution in [0.5, 0.6) is 0 Å². The number of carbonyl (C=O) groups excluding carboxylic acids is 2. The van der Waals surface area contributed by atoms with Crippen LogP contribution in [-0.2, 0) is 27.0 Å².